The minimum absolute atomic E-state index is 0.859. The van der Waals surface area contributed by atoms with Gasteiger partial charge in [0.1, 0.15) is 17.0 Å². The van der Waals surface area contributed by atoms with Crippen LogP contribution < -0.4 is 10.2 Å². The maximum atomic E-state index is 4.61. The monoisotopic (exact) mass is 429 g/mol. The molecule has 1 saturated heterocycles. The number of fused-ring (bicyclic) bond motifs is 1. The van der Waals surface area contributed by atoms with Crippen LogP contribution in [0.2, 0.25) is 0 Å². The quantitative estimate of drug-likeness (QED) is 0.466. The van der Waals surface area contributed by atoms with Crippen LogP contribution >= 0.6 is 11.3 Å². The van der Waals surface area contributed by atoms with Gasteiger partial charge < -0.3 is 15.1 Å². The molecule has 1 N–H and O–H groups in total. The Morgan fingerprint density at radius 3 is 2.29 bits per heavy atom. The molecule has 1 aliphatic heterocycles. The molecule has 0 bridgehead atoms. The van der Waals surface area contributed by atoms with Crippen LogP contribution in [0.25, 0.3) is 21.3 Å². The molecule has 0 atom stereocenters. The lowest BCUT2D eigenvalue weighted by Crippen LogP contribution is -2.44. The largest absolute Gasteiger partial charge is 0.369 e. The summed E-state index contributed by atoms with van der Waals surface area (Å²) in [4.78, 5) is 16.3. The molecule has 0 radical (unpaired) electrons. The van der Waals surface area contributed by atoms with Crippen molar-refractivity contribution >= 4 is 38.7 Å². The van der Waals surface area contributed by atoms with E-state index < -0.39 is 0 Å². The molecule has 4 aromatic rings. The molecule has 158 valence electrons. The lowest BCUT2D eigenvalue weighted by Gasteiger charge is -2.34. The van der Waals surface area contributed by atoms with Gasteiger partial charge in [-0.05, 0) is 50.7 Å². The molecule has 6 heteroatoms. The number of nitrogens with one attached hydrogen (secondary N) is 1. The molecule has 0 amide bonds. The molecule has 1 aliphatic rings. The fourth-order valence-electron chi connectivity index (χ4n) is 4.16. The fraction of sp³-hybridized carbons (Fsp3) is 0.280. The third kappa shape index (κ3) is 4.01. The highest BCUT2D eigenvalue weighted by Crippen LogP contribution is 2.41. The van der Waals surface area contributed by atoms with E-state index in [-0.39, 0.29) is 0 Å². The molecule has 0 spiro atoms. The molecule has 5 rings (SSSR count). The summed E-state index contributed by atoms with van der Waals surface area (Å²) in [5.74, 6) is 0.859. The summed E-state index contributed by atoms with van der Waals surface area (Å²) in [6.45, 7) is 8.64. The van der Waals surface area contributed by atoms with Crippen molar-refractivity contribution in [2.24, 2.45) is 0 Å². The van der Waals surface area contributed by atoms with Gasteiger partial charge in [-0.2, -0.15) is 0 Å². The summed E-state index contributed by atoms with van der Waals surface area (Å²) in [5.41, 5.74) is 6.00. The van der Waals surface area contributed by atoms with E-state index in [0.717, 1.165) is 47.9 Å². The van der Waals surface area contributed by atoms with E-state index in [4.69, 9.17) is 0 Å². The Kier molecular flexibility index (Phi) is 5.34. The van der Waals surface area contributed by atoms with Crippen molar-refractivity contribution < 1.29 is 0 Å². The first kappa shape index (κ1) is 20.0. The molecule has 0 aliphatic carbocycles. The molecule has 3 heterocycles. The summed E-state index contributed by atoms with van der Waals surface area (Å²) < 4.78 is 0. The van der Waals surface area contributed by atoms with E-state index >= 15 is 0 Å². The van der Waals surface area contributed by atoms with Gasteiger partial charge in [0.25, 0.3) is 0 Å². The van der Waals surface area contributed by atoms with Gasteiger partial charge in [0, 0.05) is 48.0 Å². The number of hydrogen-bond donors (Lipinski definition) is 1. The summed E-state index contributed by atoms with van der Waals surface area (Å²) >= 11 is 1.72. The van der Waals surface area contributed by atoms with Crippen LogP contribution in [-0.2, 0) is 0 Å². The normalized spacial score (nSPS) is 14.9. The third-order valence-electron chi connectivity index (χ3n) is 6.00. The van der Waals surface area contributed by atoms with Crippen molar-refractivity contribution in [3.63, 3.8) is 0 Å². The second-order valence-electron chi connectivity index (χ2n) is 8.26. The van der Waals surface area contributed by atoms with Gasteiger partial charge in [-0.15, -0.1) is 11.3 Å². The maximum absolute atomic E-state index is 4.61. The van der Waals surface area contributed by atoms with Gasteiger partial charge in [-0.3, -0.25) is 0 Å². The molecular weight excluding hydrogens is 402 g/mol. The topological polar surface area (TPSA) is 44.3 Å². The molecule has 0 unspecified atom stereocenters. The zero-order valence-electron chi connectivity index (χ0n) is 18.2. The minimum atomic E-state index is 0.859. The molecule has 2 aromatic carbocycles. The van der Waals surface area contributed by atoms with Crippen molar-refractivity contribution in [3.8, 4) is 11.1 Å². The summed E-state index contributed by atoms with van der Waals surface area (Å²) in [6.07, 6.45) is 1.65. The average Bonchev–Trinajstić information content (AvgIpc) is 3.12. The fourth-order valence-corrected chi connectivity index (χ4v) is 5.18. The highest BCUT2D eigenvalue weighted by molar-refractivity contribution is 7.19. The first-order valence-electron chi connectivity index (χ1n) is 10.7. The highest BCUT2D eigenvalue weighted by Gasteiger charge is 2.17. The SMILES string of the molecule is Cc1ccc(-c2c(C)sc3ncnc(Nc4ccc(N5CCN(C)CC5)cc4)c23)cc1. The molecule has 5 nitrogen and oxygen atoms in total. The van der Waals surface area contributed by atoms with Crippen LogP contribution in [0, 0.1) is 13.8 Å². The van der Waals surface area contributed by atoms with Crippen LogP contribution in [0.5, 0.6) is 0 Å². The van der Waals surface area contributed by atoms with Crippen LogP contribution in [0.3, 0.4) is 0 Å². The molecular formula is C25H27N5S. The van der Waals surface area contributed by atoms with E-state index in [1.54, 1.807) is 17.7 Å². The van der Waals surface area contributed by atoms with E-state index in [9.17, 15) is 0 Å². The zero-order chi connectivity index (χ0) is 21.4. The van der Waals surface area contributed by atoms with Gasteiger partial charge in [-0.25, -0.2) is 9.97 Å². The second-order valence-corrected chi connectivity index (χ2v) is 9.47. The van der Waals surface area contributed by atoms with Crippen LogP contribution in [0.1, 0.15) is 10.4 Å². The van der Waals surface area contributed by atoms with E-state index in [2.05, 4.69) is 94.5 Å². The smallest absolute Gasteiger partial charge is 0.143 e. The maximum Gasteiger partial charge on any atom is 0.143 e. The van der Waals surface area contributed by atoms with Crippen molar-refractivity contribution in [3.05, 3.63) is 65.3 Å². The second kappa shape index (κ2) is 8.29. The Bertz CT molecular complexity index is 1190. The summed E-state index contributed by atoms with van der Waals surface area (Å²) in [5, 5.41) is 4.64. The van der Waals surface area contributed by atoms with Crippen molar-refractivity contribution in [2.45, 2.75) is 13.8 Å². The number of nitrogens with zero attached hydrogens (tertiary/aromatic N) is 4. The van der Waals surface area contributed by atoms with Crippen LogP contribution in [0.15, 0.2) is 54.9 Å². The number of hydrogen-bond acceptors (Lipinski definition) is 6. The number of piperazine rings is 1. The van der Waals surface area contributed by atoms with E-state index in [1.807, 2.05) is 0 Å². The van der Waals surface area contributed by atoms with Gasteiger partial charge in [0.15, 0.2) is 0 Å². The number of aromatic nitrogens is 2. The first-order valence-corrected chi connectivity index (χ1v) is 11.5. The lowest BCUT2D eigenvalue weighted by atomic mass is 10.0. The number of aryl methyl sites for hydroxylation is 2. The van der Waals surface area contributed by atoms with Gasteiger partial charge >= 0.3 is 0 Å². The Labute approximate surface area is 187 Å². The van der Waals surface area contributed by atoms with Crippen LogP contribution in [-0.4, -0.2) is 48.1 Å². The predicted octanol–water partition coefficient (Wildman–Crippen LogP) is 5.47. The lowest BCUT2D eigenvalue weighted by molar-refractivity contribution is 0.313. The van der Waals surface area contributed by atoms with Gasteiger partial charge in [0.05, 0.1) is 5.39 Å². The third-order valence-corrected chi connectivity index (χ3v) is 7.02. The summed E-state index contributed by atoms with van der Waals surface area (Å²) in [6, 6.07) is 17.4. The zero-order valence-corrected chi connectivity index (χ0v) is 19.0. The Morgan fingerprint density at radius 1 is 0.871 bits per heavy atom. The van der Waals surface area contributed by atoms with E-state index in [1.165, 1.54) is 27.3 Å². The predicted molar refractivity (Wildman–Crippen MR) is 132 cm³/mol. The van der Waals surface area contributed by atoms with Crippen molar-refractivity contribution in [1.29, 1.82) is 0 Å². The molecule has 2 aromatic heterocycles. The molecule has 0 saturated carbocycles. The number of thiophene rings is 1. The van der Waals surface area contributed by atoms with Crippen molar-refractivity contribution in [2.75, 3.05) is 43.4 Å². The Morgan fingerprint density at radius 2 is 1.58 bits per heavy atom. The first-order chi connectivity index (χ1) is 15.1. The molecule has 31 heavy (non-hydrogen) atoms. The number of rotatable bonds is 4. The van der Waals surface area contributed by atoms with Gasteiger partial charge in [-0.1, -0.05) is 29.8 Å². The average molecular weight is 430 g/mol. The standard InChI is InChI=1S/C25H27N5S/c1-17-4-6-19(7-5-17)22-18(2)31-25-23(22)24(26-16-27-25)28-20-8-10-21(11-9-20)30-14-12-29(3)13-15-30/h4-11,16H,12-15H2,1-3H3,(H,26,27,28). The van der Waals surface area contributed by atoms with Crippen LogP contribution in [0.4, 0.5) is 17.2 Å². The summed E-state index contributed by atoms with van der Waals surface area (Å²) in [7, 11) is 2.18. The number of anilines is 3. The Balaban J connectivity index is 1.46. The number of benzene rings is 2. The van der Waals surface area contributed by atoms with Crippen molar-refractivity contribution in [1.82, 2.24) is 14.9 Å². The molecule has 1 fully saturated rings. The Hall–Kier alpha value is -2.96. The van der Waals surface area contributed by atoms with E-state index in [0.29, 0.717) is 0 Å². The van der Waals surface area contributed by atoms with Gasteiger partial charge in [0.2, 0.25) is 0 Å². The minimum Gasteiger partial charge on any atom is -0.369 e. The highest BCUT2D eigenvalue weighted by atomic mass is 32.1. The number of likely N-dealkylation sites (N-methyl/N-ethyl adjacent to an activating group) is 1.